The molecule has 184 valence electrons. The third-order valence-electron chi connectivity index (χ3n) is 5.15. The zero-order valence-electron chi connectivity index (χ0n) is 19.7. The van der Waals surface area contributed by atoms with Crippen molar-refractivity contribution in [2.24, 2.45) is 0 Å². The first kappa shape index (κ1) is 27.0. The molecule has 0 spiro atoms. The van der Waals surface area contributed by atoms with Crippen LogP contribution in [0.25, 0.3) is 0 Å². The number of aromatic nitrogens is 3. The van der Waals surface area contributed by atoms with Crippen molar-refractivity contribution >= 4 is 56.8 Å². The Labute approximate surface area is 222 Å². The number of thioether (sulfide) groups is 1. The predicted octanol–water partition coefficient (Wildman–Crippen LogP) is 6.23. The summed E-state index contributed by atoms with van der Waals surface area (Å²) in [5.41, 5.74) is 2.23. The van der Waals surface area contributed by atoms with Gasteiger partial charge in [0.15, 0.2) is 11.0 Å². The molecule has 7 nitrogen and oxygen atoms in total. The lowest BCUT2D eigenvalue weighted by Crippen LogP contribution is -2.29. The van der Waals surface area contributed by atoms with E-state index in [0.717, 1.165) is 15.7 Å². The molecule has 3 aromatic rings. The first-order valence-corrected chi connectivity index (χ1v) is 13.2. The number of amides is 2. The van der Waals surface area contributed by atoms with Crippen LogP contribution in [-0.2, 0) is 11.3 Å². The topological polar surface area (TPSA) is 88.9 Å². The molecule has 3 rings (SSSR count). The standard InChI is InChI=1S/C25H27BrClN5O2S/c1-5-12-32-23(16(4)28-24(34)18-8-6-7-9-20(18)27)30-31-25(32)35-14-22(33)29-21-11-10-17(26)13-19(21)15(2)3/h5-11,13,15-16H,1,12,14H2,2-4H3,(H,28,34)(H,29,33)/t16-/m0/s1. The number of halogens is 2. The lowest BCUT2D eigenvalue weighted by Gasteiger charge is -2.16. The molecule has 0 fully saturated rings. The van der Waals surface area contributed by atoms with Crippen LogP contribution in [0.3, 0.4) is 0 Å². The van der Waals surface area contributed by atoms with Crippen LogP contribution < -0.4 is 10.6 Å². The number of rotatable bonds is 10. The normalized spacial score (nSPS) is 11.8. The summed E-state index contributed by atoms with van der Waals surface area (Å²) in [7, 11) is 0. The highest BCUT2D eigenvalue weighted by atomic mass is 79.9. The number of anilines is 1. The quantitative estimate of drug-likeness (QED) is 0.221. The number of nitrogens with zero attached hydrogens (tertiary/aromatic N) is 3. The Hall–Kier alpha value is -2.62. The highest BCUT2D eigenvalue weighted by Crippen LogP contribution is 2.28. The zero-order chi connectivity index (χ0) is 25.5. The lowest BCUT2D eigenvalue weighted by atomic mass is 10.0. The average Bonchev–Trinajstić information content (AvgIpc) is 3.22. The van der Waals surface area contributed by atoms with E-state index >= 15 is 0 Å². The number of hydrogen-bond donors (Lipinski definition) is 2. The predicted molar refractivity (Wildman–Crippen MR) is 145 cm³/mol. The van der Waals surface area contributed by atoms with E-state index in [9.17, 15) is 9.59 Å². The van der Waals surface area contributed by atoms with E-state index in [1.165, 1.54) is 11.8 Å². The van der Waals surface area contributed by atoms with Gasteiger partial charge in [0.25, 0.3) is 5.91 Å². The Bertz CT molecular complexity index is 1230. The molecular weight excluding hydrogens is 550 g/mol. The van der Waals surface area contributed by atoms with Gasteiger partial charge in [0.1, 0.15) is 0 Å². The molecule has 2 amide bonds. The third-order valence-corrected chi connectivity index (χ3v) is 6.94. The van der Waals surface area contributed by atoms with Crippen molar-refractivity contribution < 1.29 is 9.59 Å². The first-order chi connectivity index (χ1) is 16.7. The number of nitrogens with one attached hydrogen (secondary N) is 2. The number of carbonyl (C=O) groups is 2. The largest absolute Gasteiger partial charge is 0.342 e. The molecule has 1 atom stereocenters. The first-order valence-electron chi connectivity index (χ1n) is 11.0. The molecule has 0 aliphatic rings. The molecule has 0 aliphatic carbocycles. The maximum absolute atomic E-state index is 12.7. The van der Waals surface area contributed by atoms with Gasteiger partial charge in [-0.15, -0.1) is 16.8 Å². The molecule has 0 aliphatic heterocycles. The molecule has 0 saturated carbocycles. The number of hydrogen-bond acceptors (Lipinski definition) is 5. The van der Waals surface area contributed by atoms with Gasteiger partial charge in [-0.2, -0.15) is 0 Å². The fourth-order valence-corrected chi connectivity index (χ4v) is 4.81. The molecular formula is C25H27BrClN5O2S. The SMILES string of the molecule is C=CCn1c(SCC(=O)Nc2ccc(Br)cc2C(C)C)nnc1[C@H](C)NC(=O)c1ccccc1Cl. The van der Waals surface area contributed by atoms with Gasteiger partial charge in [-0.1, -0.05) is 71.3 Å². The van der Waals surface area contributed by atoms with Crippen molar-refractivity contribution in [2.45, 2.75) is 44.4 Å². The van der Waals surface area contributed by atoms with E-state index in [1.54, 1.807) is 30.3 Å². The summed E-state index contributed by atoms with van der Waals surface area (Å²) in [5.74, 6) is 0.525. The summed E-state index contributed by atoms with van der Waals surface area (Å²) in [6.45, 7) is 10.2. The molecule has 1 heterocycles. The van der Waals surface area contributed by atoms with Gasteiger partial charge in [-0.3, -0.25) is 9.59 Å². The van der Waals surface area contributed by atoms with Crippen LogP contribution in [0.4, 0.5) is 5.69 Å². The minimum absolute atomic E-state index is 0.144. The minimum Gasteiger partial charge on any atom is -0.342 e. The number of allylic oxidation sites excluding steroid dienone is 1. The summed E-state index contributed by atoms with van der Waals surface area (Å²) < 4.78 is 2.80. The summed E-state index contributed by atoms with van der Waals surface area (Å²) in [4.78, 5) is 25.4. The highest BCUT2D eigenvalue weighted by molar-refractivity contribution is 9.10. The Morgan fingerprint density at radius 3 is 2.63 bits per heavy atom. The van der Waals surface area contributed by atoms with Gasteiger partial charge in [0.2, 0.25) is 5.91 Å². The molecule has 10 heteroatoms. The number of carbonyl (C=O) groups excluding carboxylic acids is 2. The van der Waals surface area contributed by atoms with Gasteiger partial charge in [-0.05, 0) is 48.7 Å². The molecule has 2 N–H and O–H groups in total. The van der Waals surface area contributed by atoms with Crippen LogP contribution >= 0.6 is 39.3 Å². The van der Waals surface area contributed by atoms with Crippen LogP contribution in [0.1, 0.15) is 54.5 Å². The Balaban J connectivity index is 1.69. The third kappa shape index (κ3) is 6.96. The average molecular weight is 577 g/mol. The van der Waals surface area contributed by atoms with Gasteiger partial charge in [-0.25, -0.2) is 0 Å². The maximum Gasteiger partial charge on any atom is 0.253 e. The molecule has 1 aromatic heterocycles. The van der Waals surface area contributed by atoms with E-state index < -0.39 is 6.04 Å². The van der Waals surface area contributed by atoms with Crippen molar-refractivity contribution in [3.05, 3.63) is 81.6 Å². The second-order valence-electron chi connectivity index (χ2n) is 8.14. The summed E-state index contributed by atoms with van der Waals surface area (Å²) in [5, 5.41) is 15.4. The summed E-state index contributed by atoms with van der Waals surface area (Å²) in [6, 6.07) is 12.2. The minimum atomic E-state index is -0.439. The van der Waals surface area contributed by atoms with Crippen LogP contribution in [0.2, 0.25) is 5.02 Å². The van der Waals surface area contributed by atoms with Crippen molar-refractivity contribution in [3.63, 3.8) is 0 Å². The van der Waals surface area contributed by atoms with Gasteiger partial charge in [0, 0.05) is 16.7 Å². The van der Waals surface area contributed by atoms with Crippen molar-refractivity contribution in [2.75, 3.05) is 11.1 Å². The van der Waals surface area contributed by atoms with Crippen molar-refractivity contribution in [1.29, 1.82) is 0 Å². The lowest BCUT2D eigenvalue weighted by molar-refractivity contribution is -0.113. The number of benzene rings is 2. The molecule has 0 saturated heterocycles. The van der Waals surface area contributed by atoms with Crippen LogP contribution in [-0.4, -0.2) is 32.3 Å². The fraction of sp³-hybridized carbons (Fsp3) is 0.280. The van der Waals surface area contributed by atoms with Crippen LogP contribution in [0.5, 0.6) is 0 Å². The summed E-state index contributed by atoms with van der Waals surface area (Å²) >= 11 is 10.9. The van der Waals surface area contributed by atoms with E-state index in [1.807, 2.05) is 29.7 Å². The van der Waals surface area contributed by atoms with Crippen molar-refractivity contribution in [3.8, 4) is 0 Å². The van der Waals surface area contributed by atoms with Crippen LogP contribution in [0.15, 0.2) is 64.7 Å². The Morgan fingerprint density at radius 2 is 1.94 bits per heavy atom. The second-order valence-corrected chi connectivity index (χ2v) is 10.4. The van der Waals surface area contributed by atoms with Crippen molar-refractivity contribution in [1.82, 2.24) is 20.1 Å². The Morgan fingerprint density at radius 1 is 1.20 bits per heavy atom. The monoisotopic (exact) mass is 575 g/mol. The van der Waals surface area contributed by atoms with E-state index in [-0.39, 0.29) is 23.5 Å². The van der Waals surface area contributed by atoms with Gasteiger partial charge >= 0.3 is 0 Å². The van der Waals surface area contributed by atoms with E-state index in [0.29, 0.717) is 28.1 Å². The fourth-order valence-electron chi connectivity index (χ4n) is 3.45. The molecule has 0 radical (unpaired) electrons. The maximum atomic E-state index is 12.7. The van der Waals surface area contributed by atoms with E-state index in [2.05, 4.69) is 57.2 Å². The van der Waals surface area contributed by atoms with Gasteiger partial charge < -0.3 is 15.2 Å². The summed E-state index contributed by atoms with van der Waals surface area (Å²) in [6.07, 6.45) is 1.72. The van der Waals surface area contributed by atoms with Gasteiger partial charge in [0.05, 0.1) is 22.4 Å². The van der Waals surface area contributed by atoms with E-state index in [4.69, 9.17) is 11.6 Å². The molecule has 0 bridgehead atoms. The highest BCUT2D eigenvalue weighted by Gasteiger charge is 2.21. The molecule has 2 aromatic carbocycles. The second kappa shape index (κ2) is 12.4. The molecule has 35 heavy (non-hydrogen) atoms. The zero-order valence-corrected chi connectivity index (χ0v) is 22.9. The Kier molecular flexibility index (Phi) is 9.54. The smallest absolute Gasteiger partial charge is 0.253 e. The molecule has 0 unspecified atom stereocenters. The van der Waals surface area contributed by atoms with Crippen LogP contribution in [0, 0.1) is 0 Å².